The molecule has 0 unspecified atom stereocenters. The third kappa shape index (κ3) is 5.08. The zero-order chi connectivity index (χ0) is 20.8. The molecule has 3 N–H and O–H groups in total. The largest absolute Gasteiger partial charge is 0.486 e. The van der Waals surface area contributed by atoms with Crippen LogP contribution < -0.4 is 24.6 Å². The Balaban J connectivity index is 1.31. The van der Waals surface area contributed by atoms with Crippen molar-refractivity contribution in [2.45, 2.75) is 23.8 Å². The van der Waals surface area contributed by atoms with Gasteiger partial charge in [0.15, 0.2) is 11.5 Å². The lowest BCUT2D eigenvalue weighted by molar-refractivity contribution is -0.124. The minimum absolute atomic E-state index is 0.419. The van der Waals surface area contributed by atoms with Crippen molar-refractivity contribution in [3.8, 4) is 11.5 Å². The number of nitrogens with one attached hydrogen (secondary N) is 2. The van der Waals surface area contributed by atoms with E-state index in [1.165, 1.54) is 6.08 Å². The number of anilines is 1. The van der Waals surface area contributed by atoms with Crippen LogP contribution in [0.1, 0.15) is 18.4 Å². The maximum Gasteiger partial charge on any atom is 0.267 e. The minimum Gasteiger partial charge on any atom is -0.486 e. The van der Waals surface area contributed by atoms with Crippen LogP contribution in [-0.2, 0) is 4.79 Å². The van der Waals surface area contributed by atoms with Gasteiger partial charge in [-0.05, 0) is 60.7 Å². The van der Waals surface area contributed by atoms with Crippen molar-refractivity contribution in [2.24, 2.45) is 0 Å². The summed E-state index contributed by atoms with van der Waals surface area (Å²) < 4.78 is 14.8. The number of para-hydroxylation sites is 1. The van der Waals surface area contributed by atoms with Gasteiger partial charge in [-0.25, -0.2) is 5.48 Å². The number of benzene rings is 2. The Hall–Kier alpha value is -2.68. The van der Waals surface area contributed by atoms with Gasteiger partial charge in [-0.3, -0.25) is 14.7 Å². The second-order valence-corrected chi connectivity index (χ2v) is 8.07. The summed E-state index contributed by atoms with van der Waals surface area (Å²) >= 11 is 1.63. The molecule has 1 saturated heterocycles. The number of amides is 1. The van der Waals surface area contributed by atoms with E-state index in [1.807, 2.05) is 36.4 Å². The van der Waals surface area contributed by atoms with Crippen LogP contribution in [0.4, 0.5) is 5.69 Å². The van der Waals surface area contributed by atoms with Crippen LogP contribution in [0, 0.1) is 0 Å². The van der Waals surface area contributed by atoms with Crippen LogP contribution in [0.5, 0.6) is 11.5 Å². The average molecular weight is 428 g/mol. The van der Waals surface area contributed by atoms with Crippen LogP contribution in [0.25, 0.3) is 6.08 Å². The van der Waals surface area contributed by atoms with Gasteiger partial charge < -0.3 is 14.4 Å². The van der Waals surface area contributed by atoms with E-state index < -0.39 is 5.91 Å². The van der Waals surface area contributed by atoms with Gasteiger partial charge in [0, 0.05) is 35.8 Å². The molecule has 158 valence electrons. The summed E-state index contributed by atoms with van der Waals surface area (Å²) in [5.74, 6) is 1.08. The molecule has 0 bridgehead atoms. The fourth-order valence-corrected chi connectivity index (χ4v) is 4.44. The number of rotatable bonds is 6. The molecule has 2 aliphatic rings. The molecular formula is C22H25N3O4S. The Bertz CT molecular complexity index is 913. The van der Waals surface area contributed by atoms with E-state index in [2.05, 4.69) is 15.7 Å². The van der Waals surface area contributed by atoms with Gasteiger partial charge in [0.05, 0.1) is 0 Å². The lowest BCUT2D eigenvalue weighted by Crippen LogP contribution is -2.40. The number of hydroxylamine groups is 1. The summed E-state index contributed by atoms with van der Waals surface area (Å²) in [6.45, 7) is 3.05. The van der Waals surface area contributed by atoms with Gasteiger partial charge in [-0.2, -0.15) is 0 Å². The summed E-state index contributed by atoms with van der Waals surface area (Å²) in [5, 5.41) is 8.67. The lowest BCUT2D eigenvalue weighted by Gasteiger charge is -2.34. The average Bonchev–Trinajstić information content (AvgIpc) is 2.81. The lowest BCUT2D eigenvalue weighted by atomic mass is 10.0. The Labute approximate surface area is 180 Å². The van der Waals surface area contributed by atoms with Crippen molar-refractivity contribution >= 4 is 29.6 Å². The Morgan fingerprint density at radius 2 is 1.87 bits per heavy atom. The summed E-state index contributed by atoms with van der Waals surface area (Å²) in [5.41, 5.74) is 3.67. The molecule has 0 aromatic heterocycles. The molecule has 2 aliphatic heterocycles. The standard InChI is InChI=1S/C22H25N3O4S/c26-22(23-27)8-5-16-3-1-2-4-19(16)25-11-9-17(10-12-25)24-30-18-6-7-20-21(15-18)29-14-13-28-20/h1-8,15,17,24,27H,9-14H2,(H,23,26)/b8-5+. The molecule has 0 spiro atoms. The fourth-order valence-electron chi connectivity index (χ4n) is 3.60. The van der Waals surface area contributed by atoms with Gasteiger partial charge in [0.1, 0.15) is 13.2 Å². The monoisotopic (exact) mass is 427 g/mol. The highest BCUT2D eigenvalue weighted by atomic mass is 32.2. The number of hydrogen-bond donors (Lipinski definition) is 3. The summed E-state index contributed by atoms with van der Waals surface area (Å²) in [6, 6.07) is 14.4. The molecule has 1 amide bonds. The summed E-state index contributed by atoms with van der Waals surface area (Å²) in [6.07, 6.45) is 5.10. The molecule has 30 heavy (non-hydrogen) atoms. The van der Waals surface area contributed by atoms with Crippen LogP contribution >= 0.6 is 11.9 Å². The van der Waals surface area contributed by atoms with Crippen molar-refractivity contribution in [3.05, 3.63) is 54.1 Å². The molecule has 1 fully saturated rings. The minimum atomic E-state index is -0.538. The summed E-state index contributed by atoms with van der Waals surface area (Å²) in [7, 11) is 0. The first-order valence-corrected chi connectivity index (χ1v) is 10.8. The van der Waals surface area contributed by atoms with E-state index in [4.69, 9.17) is 14.7 Å². The van der Waals surface area contributed by atoms with E-state index in [1.54, 1.807) is 23.5 Å². The number of nitrogens with zero attached hydrogens (tertiary/aromatic N) is 1. The van der Waals surface area contributed by atoms with Crippen LogP contribution in [0.2, 0.25) is 0 Å². The predicted octanol–water partition coefficient (Wildman–Crippen LogP) is 3.24. The number of hydrogen-bond acceptors (Lipinski definition) is 7. The zero-order valence-corrected chi connectivity index (χ0v) is 17.4. The first kappa shape index (κ1) is 20.6. The maximum atomic E-state index is 11.3. The molecule has 8 heteroatoms. The second kappa shape index (κ2) is 9.88. The van der Waals surface area contributed by atoms with Gasteiger partial charge >= 0.3 is 0 Å². The van der Waals surface area contributed by atoms with Gasteiger partial charge in [-0.15, -0.1) is 0 Å². The fraction of sp³-hybridized carbons (Fsp3) is 0.318. The van der Waals surface area contributed by atoms with Gasteiger partial charge in [0.2, 0.25) is 0 Å². The first-order chi connectivity index (χ1) is 14.7. The molecule has 2 aromatic rings. The van der Waals surface area contributed by atoms with Crippen molar-refractivity contribution in [1.82, 2.24) is 10.2 Å². The molecule has 4 rings (SSSR count). The van der Waals surface area contributed by atoms with Crippen molar-refractivity contribution in [2.75, 3.05) is 31.2 Å². The Morgan fingerprint density at radius 3 is 2.67 bits per heavy atom. The number of carbonyl (C=O) groups excluding carboxylic acids is 1. The van der Waals surface area contributed by atoms with E-state index >= 15 is 0 Å². The molecule has 0 radical (unpaired) electrons. The highest BCUT2D eigenvalue weighted by molar-refractivity contribution is 7.97. The first-order valence-electron chi connectivity index (χ1n) is 10.0. The smallest absolute Gasteiger partial charge is 0.267 e. The van der Waals surface area contributed by atoms with Crippen LogP contribution in [0.3, 0.4) is 0 Å². The molecule has 0 atom stereocenters. The van der Waals surface area contributed by atoms with Crippen LogP contribution in [-0.4, -0.2) is 43.5 Å². The molecule has 2 heterocycles. The highest BCUT2D eigenvalue weighted by Crippen LogP contribution is 2.34. The highest BCUT2D eigenvalue weighted by Gasteiger charge is 2.21. The van der Waals surface area contributed by atoms with Crippen molar-refractivity contribution in [1.29, 1.82) is 0 Å². The van der Waals surface area contributed by atoms with Crippen LogP contribution in [0.15, 0.2) is 53.4 Å². The molecular weight excluding hydrogens is 402 g/mol. The van der Waals surface area contributed by atoms with E-state index in [-0.39, 0.29) is 0 Å². The molecule has 0 saturated carbocycles. The van der Waals surface area contributed by atoms with E-state index in [9.17, 15) is 4.79 Å². The number of piperidine rings is 1. The Kier molecular flexibility index (Phi) is 6.78. The third-order valence-corrected chi connectivity index (χ3v) is 6.09. The topological polar surface area (TPSA) is 83.1 Å². The molecule has 2 aromatic carbocycles. The number of fused-ring (bicyclic) bond motifs is 1. The zero-order valence-electron chi connectivity index (χ0n) is 16.5. The molecule has 0 aliphatic carbocycles. The van der Waals surface area contributed by atoms with Gasteiger partial charge in [-0.1, -0.05) is 18.2 Å². The SMILES string of the molecule is O=C(/C=C/c1ccccc1N1CCC(NSc2ccc3c(c2)OCCO3)CC1)NO. The Morgan fingerprint density at radius 1 is 1.10 bits per heavy atom. The maximum absolute atomic E-state index is 11.3. The van der Waals surface area contributed by atoms with Crippen molar-refractivity contribution in [3.63, 3.8) is 0 Å². The second-order valence-electron chi connectivity index (χ2n) is 7.15. The van der Waals surface area contributed by atoms with Gasteiger partial charge in [0.25, 0.3) is 5.91 Å². The van der Waals surface area contributed by atoms with Crippen molar-refractivity contribution < 1.29 is 19.5 Å². The van der Waals surface area contributed by atoms with E-state index in [0.29, 0.717) is 19.3 Å². The normalized spacial score (nSPS) is 16.6. The summed E-state index contributed by atoms with van der Waals surface area (Å²) in [4.78, 5) is 14.7. The number of ether oxygens (including phenoxy) is 2. The molecule has 7 nitrogen and oxygen atoms in total. The number of carbonyl (C=O) groups is 1. The third-order valence-electron chi connectivity index (χ3n) is 5.15. The predicted molar refractivity (Wildman–Crippen MR) is 117 cm³/mol. The van der Waals surface area contributed by atoms with E-state index in [0.717, 1.165) is 53.6 Å². The quantitative estimate of drug-likeness (QED) is 0.283.